The fraction of sp³-hybridized carbons (Fsp3) is 0.364. The van der Waals surface area contributed by atoms with Crippen molar-refractivity contribution in [3.63, 3.8) is 0 Å². The lowest BCUT2D eigenvalue weighted by molar-refractivity contribution is -0.205. The second-order valence-corrected chi connectivity index (χ2v) is 3.92. The van der Waals surface area contributed by atoms with Gasteiger partial charge in [-0.05, 0) is 12.5 Å². The number of carbonyl (C=O) groups is 1. The number of β-lactam (4-membered cyclic amide) rings is 1. The van der Waals surface area contributed by atoms with E-state index in [2.05, 4.69) is 5.32 Å². The Balaban J connectivity index is 2.23. The van der Waals surface area contributed by atoms with E-state index < -0.39 is 24.0 Å². The van der Waals surface area contributed by atoms with Gasteiger partial charge in [0.2, 0.25) is 5.91 Å². The summed E-state index contributed by atoms with van der Waals surface area (Å²) < 4.78 is 37.5. The molecule has 0 aromatic heterocycles. The smallest absolute Gasteiger partial charge is 0.348 e. The Kier molecular flexibility index (Phi) is 2.40. The van der Waals surface area contributed by atoms with Gasteiger partial charge in [0.15, 0.2) is 5.92 Å². The van der Waals surface area contributed by atoms with E-state index in [0.29, 0.717) is 5.56 Å². The molecule has 0 saturated carbocycles. The number of hydrogen-bond acceptors (Lipinski definition) is 1. The molecule has 1 aliphatic rings. The van der Waals surface area contributed by atoms with Crippen molar-refractivity contribution in [1.82, 2.24) is 5.32 Å². The van der Waals surface area contributed by atoms with E-state index >= 15 is 0 Å². The van der Waals surface area contributed by atoms with Crippen molar-refractivity contribution < 1.29 is 18.0 Å². The van der Waals surface area contributed by atoms with Crippen LogP contribution in [0.1, 0.15) is 17.2 Å². The van der Waals surface area contributed by atoms with Gasteiger partial charge in [0.05, 0.1) is 6.04 Å². The average molecular weight is 229 g/mol. The van der Waals surface area contributed by atoms with Gasteiger partial charge in [-0.3, -0.25) is 4.79 Å². The number of nitrogens with one attached hydrogen (secondary N) is 1. The summed E-state index contributed by atoms with van der Waals surface area (Å²) in [6.07, 6.45) is -4.47. The van der Waals surface area contributed by atoms with Crippen molar-refractivity contribution in [3.05, 3.63) is 35.4 Å². The van der Waals surface area contributed by atoms with Crippen LogP contribution in [0.15, 0.2) is 24.3 Å². The van der Waals surface area contributed by atoms with Gasteiger partial charge in [-0.2, -0.15) is 13.2 Å². The molecule has 1 amide bonds. The third-order valence-corrected chi connectivity index (χ3v) is 2.70. The molecule has 1 aliphatic heterocycles. The van der Waals surface area contributed by atoms with Crippen molar-refractivity contribution >= 4 is 5.91 Å². The Bertz CT molecular complexity index is 410. The van der Waals surface area contributed by atoms with E-state index in [1.54, 1.807) is 24.3 Å². The van der Waals surface area contributed by atoms with E-state index in [1.165, 1.54) is 0 Å². The number of benzene rings is 1. The lowest BCUT2D eigenvalue weighted by Crippen LogP contribution is -2.57. The van der Waals surface area contributed by atoms with E-state index in [1.807, 2.05) is 6.92 Å². The number of halogens is 3. The molecule has 1 heterocycles. The highest BCUT2D eigenvalue weighted by atomic mass is 19.4. The normalized spacial score (nSPS) is 24.9. The second-order valence-electron chi connectivity index (χ2n) is 3.92. The van der Waals surface area contributed by atoms with Crippen molar-refractivity contribution in [2.75, 3.05) is 0 Å². The highest BCUT2D eigenvalue weighted by Gasteiger charge is 2.56. The van der Waals surface area contributed by atoms with Crippen LogP contribution in [0.25, 0.3) is 0 Å². The minimum Gasteiger partial charge on any atom is -0.348 e. The molecule has 5 heteroatoms. The molecule has 1 aromatic carbocycles. The summed E-state index contributed by atoms with van der Waals surface area (Å²) in [5.41, 5.74) is 1.46. The SMILES string of the molecule is Cc1ccc(C2NC(=O)C2C(F)(F)F)cc1. The van der Waals surface area contributed by atoms with Crippen molar-refractivity contribution in [2.45, 2.75) is 19.1 Å². The average Bonchev–Trinajstić information content (AvgIpc) is 2.13. The molecule has 16 heavy (non-hydrogen) atoms. The predicted molar refractivity (Wildman–Crippen MR) is 51.6 cm³/mol. The number of aryl methyl sites for hydroxylation is 1. The van der Waals surface area contributed by atoms with Crippen molar-refractivity contribution in [3.8, 4) is 0 Å². The monoisotopic (exact) mass is 229 g/mol. The van der Waals surface area contributed by atoms with Gasteiger partial charge < -0.3 is 5.32 Å². The standard InChI is InChI=1S/C11H10F3NO/c1-6-2-4-7(5-3-6)9-8(10(16)15-9)11(12,13)14/h2-5,8-9H,1H3,(H,15,16). The number of amides is 1. The maximum atomic E-state index is 12.5. The largest absolute Gasteiger partial charge is 0.402 e. The molecule has 0 aliphatic carbocycles. The zero-order chi connectivity index (χ0) is 11.9. The Morgan fingerprint density at radius 1 is 1.19 bits per heavy atom. The van der Waals surface area contributed by atoms with Crippen molar-refractivity contribution in [1.29, 1.82) is 0 Å². The van der Waals surface area contributed by atoms with Gasteiger partial charge in [-0.25, -0.2) is 0 Å². The molecule has 1 aromatic rings. The highest BCUT2D eigenvalue weighted by molar-refractivity contribution is 5.87. The zero-order valence-electron chi connectivity index (χ0n) is 8.51. The van der Waals surface area contributed by atoms with Gasteiger partial charge in [-0.15, -0.1) is 0 Å². The molecule has 2 rings (SSSR count). The Morgan fingerprint density at radius 3 is 2.19 bits per heavy atom. The first kappa shape index (κ1) is 11.0. The molecule has 0 spiro atoms. The molecule has 1 saturated heterocycles. The lowest BCUT2D eigenvalue weighted by Gasteiger charge is -2.38. The summed E-state index contributed by atoms with van der Waals surface area (Å²) in [6, 6.07) is 5.74. The van der Waals surface area contributed by atoms with Crippen LogP contribution in [-0.4, -0.2) is 12.1 Å². The Morgan fingerprint density at radius 2 is 1.75 bits per heavy atom. The highest BCUT2D eigenvalue weighted by Crippen LogP contribution is 2.41. The second kappa shape index (κ2) is 3.50. The van der Waals surface area contributed by atoms with Crippen LogP contribution in [0.4, 0.5) is 13.2 Å². The van der Waals surface area contributed by atoms with Crippen LogP contribution in [0, 0.1) is 12.8 Å². The van der Waals surface area contributed by atoms with Crippen LogP contribution < -0.4 is 5.32 Å². The van der Waals surface area contributed by atoms with Crippen LogP contribution >= 0.6 is 0 Å². The topological polar surface area (TPSA) is 29.1 Å². The van der Waals surface area contributed by atoms with Crippen LogP contribution in [0.5, 0.6) is 0 Å². The van der Waals surface area contributed by atoms with Crippen LogP contribution in [0.2, 0.25) is 0 Å². The molecule has 0 bridgehead atoms. The third kappa shape index (κ3) is 1.77. The first-order valence-corrected chi connectivity index (χ1v) is 4.83. The summed E-state index contributed by atoms with van der Waals surface area (Å²) in [4.78, 5) is 10.9. The maximum Gasteiger partial charge on any atom is 0.402 e. The molecule has 1 N–H and O–H groups in total. The van der Waals surface area contributed by atoms with E-state index in [9.17, 15) is 18.0 Å². The van der Waals surface area contributed by atoms with E-state index in [4.69, 9.17) is 0 Å². The predicted octanol–water partition coefficient (Wildman–Crippen LogP) is 2.34. The summed E-state index contributed by atoms with van der Waals surface area (Å²) in [5, 5.41) is 2.28. The summed E-state index contributed by atoms with van der Waals surface area (Å²) in [7, 11) is 0. The van der Waals surface area contributed by atoms with Gasteiger partial charge in [0, 0.05) is 0 Å². The summed E-state index contributed by atoms with van der Waals surface area (Å²) >= 11 is 0. The first-order valence-electron chi connectivity index (χ1n) is 4.83. The van der Waals surface area contributed by atoms with E-state index in [0.717, 1.165) is 5.56 Å². The molecule has 86 valence electrons. The molecule has 0 radical (unpaired) electrons. The van der Waals surface area contributed by atoms with Crippen LogP contribution in [0.3, 0.4) is 0 Å². The molecular formula is C11H10F3NO. The molecule has 2 nitrogen and oxygen atoms in total. The summed E-state index contributed by atoms with van der Waals surface area (Å²) in [5.74, 6) is -2.85. The minimum absolute atomic E-state index is 0.493. The number of rotatable bonds is 1. The molecule has 2 atom stereocenters. The molecular weight excluding hydrogens is 219 g/mol. The minimum atomic E-state index is -4.47. The fourth-order valence-corrected chi connectivity index (χ4v) is 1.77. The maximum absolute atomic E-state index is 12.5. The van der Waals surface area contributed by atoms with Crippen LogP contribution in [-0.2, 0) is 4.79 Å². The van der Waals surface area contributed by atoms with Gasteiger partial charge in [-0.1, -0.05) is 29.8 Å². The van der Waals surface area contributed by atoms with Gasteiger partial charge in [0.25, 0.3) is 0 Å². The quantitative estimate of drug-likeness (QED) is 0.736. The summed E-state index contributed by atoms with van der Waals surface area (Å²) in [6.45, 7) is 1.85. The third-order valence-electron chi connectivity index (χ3n) is 2.70. The molecule has 2 unspecified atom stereocenters. The first-order chi connectivity index (χ1) is 7.39. The van der Waals surface area contributed by atoms with Crippen molar-refractivity contribution in [2.24, 2.45) is 5.92 Å². The zero-order valence-corrected chi connectivity index (χ0v) is 8.51. The fourth-order valence-electron chi connectivity index (χ4n) is 1.77. The van der Waals surface area contributed by atoms with Gasteiger partial charge in [0.1, 0.15) is 0 Å². The van der Waals surface area contributed by atoms with Gasteiger partial charge >= 0.3 is 6.18 Å². The lowest BCUT2D eigenvalue weighted by atomic mass is 9.84. The Hall–Kier alpha value is -1.52. The number of carbonyl (C=O) groups excluding carboxylic acids is 1. The van der Waals surface area contributed by atoms with E-state index in [-0.39, 0.29) is 0 Å². The Labute approximate surface area is 90.5 Å². The molecule has 1 fully saturated rings. The number of alkyl halides is 3. The number of hydrogen-bond donors (Lipinski definition) is 1.